The molecule has 7 heteroatoms. The van der Waals surface area contributed by atoms with E-state index in [1.165, 1.54) is 23.5 Å². The summed E-state index contributed by atoms with van der Waals surface area (Å²) in [6.45, 7) is 0.476. The first-order valence-corrected chi connectivity index (χ1v) is 6.77. The van der Waals surface area contributed by atoms with Gasteiger partial charge in [-0.3, -0.25) is 4.79 Å². The van der Waals surface area contributed by atoms with E-state index in [9.17, 15) is 9.18 Å². The highest BCUT2D eigenvalue weighted by molar-refractivity contribution is 7.09. The SMILES string of the molecule is NCCc1nc(C(=O)Nc2cc(F)ccc2Cl)cs1. The molecular formula is C12H11ClFN3OS. The second kappa shape index (κ2) is 6.10. The van der Waals surface area contributed by atoms with Gasteiger partial charge in [0, 0.05) is 11.8 Å². The number of carbonyl (C=O) groups excluding carboxylic acids is 1. The van der Waals surface area contributed by atoms with Crippen LogP contribution in [0.25, 0.3) is 0 Å². The Morgan fingerprint density at radius 1 is 1.53 bits per heavy atom. The van der Waals surface area contributed by atoms with Crippen molar-refractivity contribution in [3.05, 3.63) is 45.1 Å². The van der Waals surface area contributed by atoms with E-state index in [0.717, 1.165) is 11.1 Å². The minimum absolute atomic E-state index is 0.222. The van der Waals surface area contributed by atoms with Crippen molar-refractivity contribution in [2.75, 3.05) is 11.9 Å². The van der Waals surface area contributed by atoms with Crippen LogP contribution in [0.5, 0.6) is 0 Å². The number of nitrogens with one attached hydrogen (secondary N) is 1. The van der Waals surface area contributed by atoms with Gasteiger partial charge in [0.2, 0.25) is 0 Å². The normalized spacial score (nSPS) is 10.5. The number of aromatic nitrogens is 1. The summed E-state index contributed by atoms with van der Waals surface area (Å²) < 4.78 is 13.1. The first-order valence-electron chi connectivity index (χ1n) is 5.51. The van der Waals surface area contributed by atoms with Crippen LogP contribution in [-0.2, 0) is 6.42 Å². The van der Waals surface area contributed by atoms with Crippen molar-refractivity contribution in [3.8, 4) is 0 Å². The zero-order chi connectivity index (χ0) is 13.8. The van der Waals surface area contributed by atoms with Gasteiger partial charge in [0.15, 0.2) is 0 Å². The Hall–Kier alpha value is -1.50. The summed E-state index contributed by atoms with van der Waals surface area (Å²) in [5.41, 5.74) is 5.91. The molecule has 0 aliphatic heterocycles. The molecule has 0 unspecified atom stereocenters. The summed E-state index contributed by atoms with van der Waals surface area (Å²) in [5.74, 6) is -0.895. The van der Waals surface area contributed by atoms with Crippen molar-refractivity contribution in [2.24, 2.45) is 5.73 Å². The van der Waals surface area contributed by atoms with Crippen molar-refractivity contribution < 1.29 is 9.18 Å². The second-order valence-corrected chi connectivity index (χ2v) is 5.09. The fourth-order valence-corrected chi connectivity index (χ4v) is 2.39. The molecule has 1 aromatic heterocycles. The standard InChI is InChI=1S/C12H11ClFN3OS/c13-8-2-1-7(14)5-9(8)17-12(18)10-6-19-11(16-10)3-4-15/h1-2,5-6H,3-4,15H2,(H,17,18). The average Bonchev–Trinajstić information content (AvgIpc) is 2.83. The minimum atomic E-state index is -0.471. The lowest BCUT2D eigenvalue weighted by Crippen LogP contribution is -2.13. The third-order valence-electron chi connectivity index (χ3n) is 2.32. The second-order valence-electron chi connectivity index (χ2n) is 3.74. The maximum atomic E-state index is 13.1. The van der Waals surface area contributed by atoms with Gasteiger partial charge in [0.05, 0.1) is 15.7 Å². The van der Waals surface area contributed by atoms with Crippen LogP contribution < -0.4 is 11.1 Å². The van der Waals surface area contributed by atoms with Gasteiger partial charge in [-0.1, -0.05) is 11.6 Å². The summed E-state index contributed by atoms with van der Waals surface area (Å²) >= 11 is 7.23. The molecule has 0 spiro atoms. The lowest BCUT2D eigenvalue weighted by Gasteiger charge is -2.05. The quantitative estimate of drug-likeness (QED) is 0.912. The van der Waals surface area contributed by atoms with Crippen LogP contribution in [0.2, 0.25) is 5.02 Å². The lowest BCUT2D eigenvalue weighted by molar-refractivity contribution is 0.102. The van der Waals surface area contributed by atoms with Crippen LogP contribution in [0.3, 0.4) is 0 Å². The molecule has 0 fully saturated rings. The Bertz CT molecular complexity index is 602. The largest absolute Gasteiger partial charge is 0.330 e. The number of benzene rings is 1. The van der Waals surface area contributed by atoms with Gasteiger partial charge in [-0.15, -0.1) is 11.3 Å². The van der Waals surface area contributed by atoms with Gasteiger partial charge in [-0.05, 0) is 24.7 Å². The molecule has 1 aromatic carbocycles. The number of amides is 1. The van der Waals surface area contributed by atoms with Crippen molar-refractivity contribution in [2.45, 2.75) is 6.42 Å². The van der Waals surface area contributed by atoms with Gasteiger partial charge in [-0.2, -0.15) is 0 Å². The van der Waals surface area contributed by atoms with Gasteiger partial charge in [0.25, 0.3) is 5.91 Å². The van der Waals surface area contributed by atoms with E-state index < -0.39 is 11.7 Å². The molecule has 0 aliphatic rings. The van der Waals surface area contributed by atoms with Crippen molar-refractivity contribution in [1.82, 2.24) is 4.98 Å². The number of hydrogen-bond donors (Lipinski definition) is 2. The van der Waals surface area contributed by atoms with E-state index in [2.05, 4.69) is 10.3 Å². The number of hydrogen-bond acceptors (Lipinski definition) is 4. The smallest absolute Gasteiger partial charge is 0.275 e. The van der Waals surface area contributed by atoms with Crippen LogP contribution in [0.15, 0.2) is 23.6 Å². The molecule has 0 radical (unpaired) electrons. The number of rotatable bonds is 4. The first-order chi connectivity index (χ1) is 9.10. The molecule has 0 aliphatic carbocycles. The number of nitrogens with zero attached hydrogens (tertiary/aromatic N) is 1. The highest BCUT2D eigenvalue weighted by atomic mass is 35.5. The van der Waals surface area contributed by atoms with Crippen LogP contribution in [0, 0.1) is 5.82 Å². The first kappa shape index (κ1) is 13.9. The summed E-state index contributed by atoms with van der Waals surface area (Å²) in [5, 5.41) is 5.22. The molecule has 3 N–H and O–H groups in total. The van der Waals surface area contributed by atoms with E-state index in [0.29, 0.717) is 13.0 Å². The van der Waals surface area contributed by atoms with E-state index in [4.69, 9.17) is 17.3 Å². The summed E-state index contributed by atoms with van der Waals surface area (Å²) in [7, 11) is 0. The highest BCUT2D eigenvalue weighted by Gasteiger charge is 2.12. The van der Waals surface area contributed by atoms with E-state index in [-0.39, 0.29) is 16.4 Å². The Kier molecular flexibility index (Phi) is 4.47. The van der Waals surface area contributed by atoms with E-state index in [1.54, 1.807) is 5.38 Å². The van der Waals surface area contributed by atoms with Crippen LogP contribution in [-0.4, -0.2) is 17.4 Å². The maximum absolute atomic E-state index is 13.1. The van der Waals surface area contributed by atoms with E-state index in [1.807, 2.05) is 0 Å². The molecule has 0 saturated heterocycles. The number of nitrogens with two attached hydrogens (primary N) is 1. The van der Waals surface area contributed by atoms with Crippen molar-refractivity contribution >= 4 is 34.5 Å². The Balaban J connectivity index is 2.13. The number of carbonyl (C=O) groups is 1. The van der Waals surface area contributed by atoms with Crippen LogP contribution in [0.1, 0.15) is 15.5 Å². The zero-order valence-corrected chi connectivity index (χ0v) is 11.4. The predicted molar refractivity (Wildman–Crippen MR) is 74.2 cm³/mol. The van der Waals surface area contributed by atoms with Crippen LogP contribution >= 0.6 is 22.9 Å². The fourth-order valence-electron chi connectivity index (χ4n) is 1.43. The van der Waals surface area contributed by atoms with Crippen molar-refractivity contribution in [1.29, 1.82) is 0 Å². The van der Waals surface area contributed by atoms with Gasteiger partial charge < -0.3 is 11.1 Å². The topological polar surface area (TPSA) is 68.0 Å². The number of anilines is 1. The maximum Gasteiger partial charge on any atom is 0.275 e. The van der Waals surface area contributed by atoms with Gasteiger partial charge in [0.1, 0.15) is 11.5 Å². The molecule has 1 amide bonds. The molecule has 0 saturated carbocycles. The zero-order valence-electron chi connectivity index (χ0n) is 9.82. The monoisotopic (exact) mass is 299 g/mol. The number of halogens is 2. The minimum Gasteiger partial charge on any atom is -0.330 e. The summed E-state index contributed by atoms with van der Waals surface area (Å²) in [6.07, 6.45) is 0.624. The van der Waals surface area contributed by atoms with Gasteiger partial charge >= 0.3 is 0 Å². The van der Waals surface area contributed by atoms with E-state index >= 15 is 0 Å². The Labute approximate surface area is 118 Å². The Morgan fingerprint density at radius 2 is 2.32 bits per heavy atom. The lowest BCUT2D eigenvalue weighted by atomic mass is 10.3. The van der Waals surface area contributed by atoms with Crippen LogP contribution in [0.4, 0.5) is 10.1 Å². The molecule has 0 bridgehead atoms. The summed E-state index contributed by atoms with van der Waals surface area (Å²) in [6, 6.07) is 3.76. The number of thiazole rings is 1. The molecule has 100 valence electrons. The van der Waals surface area contributed by atoms with Gasteiger partial charge in [-0.25, -0.2) is 9.37 Å². The Morgan fingerprint density at radius 3 is 3.05 bits per heavy atom. The fraction of sp³-hybridized carbons (Fsp3) is 0.167. The molecule has 19 heavy (non-hydrogen) atoms. The molecule has 1 heterocycles. The molecule has 0 atom stereocenters. The molecule has 2 rings (SSSR count). The third-order valence-corrected chi connectivity index (χ3v) is 3.56. The highest BCUT2D eigenvalue weighted by Crippen LogP contribution is 2.23. The third kappa shape index (κ3) is 3.50. The summed E-state index contributed by atoms with van der Waals surface area (Å²) in [4.78, 5) is 16.1. The predicted octanol–water partition coefficient (Wildman–Crippen LogP) is 2.69. The average molecular weight is 300 g/mol. The molecule has 4 nitrogen and oxygen atoms in total. The molecule has 2 aromatic rings. The van der Waals surface area contributed by atoms with Crippen molar-refractivity contribution in [3.63, 3.8) is 0 Å². The molecular weight excluding hydrogens is 289 g/mol.